The zero-order valence-electron chi connectivity index (χ0n) is 8.95. The number of carbonyl (C=O) groups is 1. The van der Waals surface area contributed by atoms with Crippen molar-refractivity contribution in [2.75, 3.05) is 26.2 Å². The molecule has 3 nitrogen and oxygen atoms in total. The lowest BCUT2D eigenvalue weighted by Crippen LogP contribution is -2.62. The van der Waals surface area contributed by atoms with Crippen LogP contribution in [0.2, 0.25) is 0 Å². The van der Waals surface area contributed by atoms with E-state index in [1.165, 1.54) is 44.9 Å². The molecule has 0 aliphatic carbocycles. The molecule has 0 bridgehead atoms. The molecular formula is C11H21N2O+. The van der Waals surface area contributed by atoms with Crippen molar-refractivity contribution in [2.45, 2.75) is 38.5 Å². The van der Waals surface area contributed by atoms with Crippen LogP contribution in [-0.2, 0) is 4.79 Å². The van der Waals surface area contributed by atoms with E-state index in [0.717, 1.165) is 26.2 Å². The summed E-state index contributed by atoms with van der Waals surface area (Å²) in [4.78, 5) is 11.3. The number of piperidine rings is 2. The monoisotopic (exact) mass is 197 g/mol. The maximum Gasteiger partial charge on any atom is 0.320 e. The van der Waals surface area contributed by atoms with Crippen molar-refractivity contribution >= 4 is 6.41 Å². The van der Waals surface area contributed by atoms with Gasteiger partial charge >= 0.3 is 6.41 Å². The van der Waals surface area contributed by atoms with Crippen LogP contribution in [0.15, 0.2) is 0 Å². The largest absolute Gasteiger partial charge is 0.320 e. The number of carbonyl (C=O) groups excluding carboxylic acids is 1. The molecule has 0 N–H and O–H groups in total. The van der Waals surface area contributed by atoms with E-state index in [0.29, 0.717) is 4.59 Å². The van der Waals surface area contributed by atoms with Crippen molar-refractivity contribution in [3.05, 3.63) is 0 Å². The van der Waals surface area contributed by atoms with Crippen LogP contribution in [0.4, 0.5) is 0 Å². The molecule has 2 rings (SSSR count). The highest BCUT2D eigenvalue weighted by Gasteiger charge is 2.37. The summed E-state index contributed by atoms with van der Waals surface area (Å²) in [5.74, 6) is 0. The Morgan fingerprint density at radius 2 is 1.43 bits per heavy atom. The average molecular weight is 197 g/mol. The van der Waals surface area contributed by atoms with Crippen LogP contribution < -0.4 is 0 Å². The summed E-state index contributed by atoms with van der Waals surface area (Å²) in [6, 6.07) is 0. The Morgan fingerprint density at radius 3 is 2.00 bits per heavy atom. The van der Waals surface area contributed by atoms with Gasteiger partial charge in [-0.05, 0) is 32.1 Å². The highest BCUT2D eigenvalue weighted by Crippen LogP contribution is 2.23. The third-order valence-electron chi connectivity index (χ3n) is 3.68. The van der Waals surface area contributed by atoms with E-state index in [4.69, 9.17) is 0 Å². The minimum absolute atomic E-state index is 0.639. The van der Waals surface area contributed by atoms with Crippen LogP contribution in [0, 0.1) is 0 Å². The minimum atomic E-state index is 0.639. The summed E-state index contributed by atoms with van der Waals surface area (Å²) in [5, 5.41) is 2.40. The maximum absolute atomic E-state index is 11.3. The van der Waals surface area contributed by atoms with Gasteiger partial charge in [0.25, 0.3) is 0 Å². The van der Waals surface area contributed by atoms with Gasteiger partial charge in [-0.25, -0.2) is 4.79 Å². The van der Waals surface area contributed by atoms with Crippen LogP contribution in [0.1, 0.15) is 38.5 Å². The molecule has 0 aromatic rings. The predicted octanol–water partition coefficient (Wildman–Crippen LogP) is 1.54. The fraction of sp³-hybridized carbons (Fsp3) is 0.909. The summed E-state index contributed by atoms with van der Waals surface area (Å²) in [6.07, 6.45) is 8.81. The van der Waals surface area contributed by atoms with Crippen LogP contribution in [-0.4, -0.2) is 42.2 Å². The van der Waals surface area contributed by atoms with Gasteiger partial charge < -0.3 is 0 Å². The van der Waals surface area contributed by atoms with Crippen molar-refractivity contribution in [2.24, 2.45) is 0 Å². The number of amides is 1. The fourth-order valence-corrected chi connectivity index (χ4v) is 2.79. The smallest absolute Gasteiger partial charge is 0.232 e. The molecular weight excluding hydrogens is 176 g/mol. The van der Waals surface area contributed by atoms with Crippen LogP contribution in [0.5, 0.6) is 0 Å². The molecule has 0 atom stereocenters. The Bertz CT molecular complexity index is 193. The molecule has 0 radical (unpaired) electrons. The zero-order chi connectivity index (χ0) is 9.86. The molecule has 0 saturated carbocycles. The molecule has 2 saturated heterocycles. The van der Waals surface area contributed by atoms with Gasteiger partial charge in [-0.1, -0.05) is 6.42 Å². The van der Waals surface area contributed by atoms with Gasteiger partial charge in [0.05, 0.1) is 0 Å². The van der Waals surface area contributed by atoms with E-state index in [1.54, 1.807) is 0 Å². The van der Waals surface area contributed by atoms with Gasteiger partial charge in [0.2, 0.25) is 0 Å². The van der Waals surface area contributed by atoms with Crippen molar-refractivity contribution in [3.8, 4) is 0 Å². The molecule has 0 spiro atoms. The van der Waals surface area contributed by atoms with E-state index in [1.807, 2.05) is 0 Å². The Balaban J connectivity index is 2.04. The topological polar surface area (TPSA) is 20.3 Å². The standard InChI is InChI=1S/C11H21N2O/c14-11-13(9-5-2-6-10-13)12-7-3-1-4-8-12/h11H,1-10H2/q+1. The van der Waals surface area contributed by atoms with E-state index >= 15 is 0 Å². The summed E-state index contributed by atoms with van der Waals surface area (Å²) in [7, 11) is 0. The number of hydrogen-bond acceptors (Lipinski definition) is 2. The Labute approximate surface area is 86.2 Å². The van der Waals surface area contributed by atoms with Gasteiger partial charge in [-0.15, -0.1) is 5.01 Å². The fourth-order valence-electron chi connectivity index (χ4n) is 2.79. The molecule has 2 aliphatic rings. The highest BCUT2D eigenvalue weighted by atomic mass is 16.2. The zero-order valence-corrected chi connectivity index (χ0v) is 8.95. The number of rotatable bonds is 2. The third-order valence-corrected chi connectivity index (χ3v) is 3.68. The second-order valence-electron chi connectivity index (χ2n) is 4.61. The summed E-state index contributed by atoms with van der Waals surface area (Å²) in [6.45, 7) is 4.34. The molecule has 0 unspecified atom stereocenters. The Kier molecular flexibility index (Phi) is 3.19. The van der Waals surface area contributed by atoms with Crippen molar-refractivity contribution < 1.29 is 9.39 Å². The van der Waals surface area contributed by atoms with E-state index in [9.17, 15) is 4.79 Å². The number of likely N-dealkylation sites (tertiary alicyclic amines) is 1. The van der Waals surface area contributed by atoms with Gasteiger partial charge in [-0.2, -0.15) is 4.59 Å². The molecule has 1 amide bonds. The molecule has 3 heteroatoms. The molecule has 2 heterocycles. The lowest BCUT2D eigenvalue weighted by molar-refractivity contribution is -0.966. The normalized spacial score (nSPS) is 28.6. The number of hydrogen-bond donors (Lipinski definition) is 0. The quantitative estimate of drug-likeness (QED) is 0.494. The number of quaternary nitrogens is 1. The molecule has 14 heavy (non-hydrogen) atoms. The van der Waals surface area contributed by atoms with Crippen molar-refractivity contribution in [1.82, 2.24) is 5.01 Å². The molecule has 0 aromatic heterocycles. The van der Waals surface area contributed by atoms with E-state index in [-0.39, 0.29) is 0 Å². The lowest BCUT2D eigenvalue weighted by atomic mass is 10.1. The first-order valence-electron chi connectivity index (χ1n) is 5.96. The Hall–Kier alpha value is -0.410. The van der Waals surface area contributed by atoms with Crippen molar-refractivity contribution in [1.29, 1.82) is 0 Å². The van der Waals surface area contributed by atoms with Crippen LogP contribution in [0.3, 0.4) is 0 Å². The summed E-state index contributed by atoms with van der Waals surface area (Å²) < 4.78 is 0.639. The molecule has 2 aliphatic heterocycles. The SMILES string of the molecule is O=C[N+]1(N2CCCCC2)CCCCC1. The molecule has 0 aromatic carbocycles. The van der Waals surface area contributed by atoms with Crippen LogP contribution in [0.25, 0.3) is 0 Å². The molecule has 2 fully saturated rings. The predicted molar refractivity (Wildman–Crippen MR) is 55.3 cm³/mol. The second kappa shape index (κ2) is 4.41. The first-order valence-corrected chi connectivity index (χ1v) is 5.96. The van der Waals surface area contributed by atoms with E-state index < -0.39 is 0 Å². The maximum atomic E-state index is 11.3. The average Bonchev–Trinajstić information content (AvgIpc) is 2.31. The highest BCUT2D eigenvalue weighted by molar-refractivity contribution is 5.37. The van der Waals surface area contributed by atoms with Gasteiger partial charge in [0, 0.05) is 13.1 Å². The Morgan fingerprint density at radius 1 is 0.857 bits per heavy atom. The van der Waals surface area contributed by atoms with Gasteiger partial charge in [0.15, 0.2) is 0 Å². The van der Waals surface area contributed by atoms with E-state index in [2.05, 4.69) is 5.01 Å². The first-order chi connectivity index (χ1) is 6.87. The minimum Gasteiger partial charge on any atom is -0.232 e. The summed E-state index contributed by atoms with van der Waals surface area (Å²) in [5.41, 5.74) is 0. The van der Waals surface area contributed by atoms with Crippen molar-refractivity contribution in [3.63, 3.8) is 0 Å². The van der Waals surface area contributed by atoms with Gasteiger partial charge in [-0.3, -0.25) is 0 Å². The number of nitrogens with zero attached hydrogens (tertiary/aromatic N) is 2. The first kappa shape index (κ1) is 10.1. The molecule has 80 valence electrons. The summed E-state index contributed by atoms with van der Waals surface area (Å²) >= 11 is 0. The van der Waals surface area contributed by atoms with Gasteiger partial charge in [0.1, 0.15) is 13.1 Å². The van der Waals surface area contributed by atoms with Crippen LogP contribution >= 0.6 is 0 Å². The lowest BCUT2D eigenvalue weighted by Gasteiger charge is -2.44. The second-order valence-corrected chi connectivity index (χ2v) is 4.61. The third kappa shape index (κ3) is 1.84.